The van der Waals surface area contributed by atoms with Crippen molar-refractivity contribution < 1.29 is 74.6 Å². The third kappa shape index (κ3) is 11.4. The number of carbonyl (C=O) groups excluding carboxylic acids is 1. The summed E-state index contributed by atoms with van der Waals surface area (Å²) in [4.78, 5) is 19.8. The summed E-state index contributed by atoms with van der Waals surface area (Å²) in [5.74, 6) is -1.12. The maximum absolute atomic E-state index is 13.6. The number of hydrogen-bond acceptors (Lipinski definition) is 19. The van der Waals surface area contributed by atoms with Crippen LogP contribution in [0.3, 0.4) is 0 Å². The van der Waals surface area contributed by atoms with Crippen LogP contribution in [0.1, 0.15) is 27.0 Å². The van der Waals surface area contributed by atoms with Gasteiger partial charge in [-0.3, -0.25) is 43.1 Å². The molecule has 0 spiro atoms. The van der Waals surface area contributed by atoms with Gasteiger partial charge in [0.25, 0.3) is 56.3 Å². The summed E-state index contributed by atoms with van der Waals surface area (Å²) in [5.41, 5.74) is -1.23. The van der Waals surface area contributed by atoms with Crippen molar-refractivity contribution in [2.75, 3.05) is 5.43 Å². The Morgan fingerprint density at radius 2 is 1.00 bits per heavy atom. The molecule has 0 fully saturated rings. The monoisotopic (exact) mass is 1000 g/mol. The van der Waals surface area contributed by atoms with Gasteiger partial charge in [0.05, 0.1) is 38.3 Å². The van der Waals surface area contributed by atoms with Gasteiger partial charge in [0.2, 0.25) is 5.78 Å². The maximum atomic E-state index is 13.6. The molecular weight excluding hydrogens is 979 g/mol. The third-order valence-corrected chi connectivity index (χ3v) is 13.2. The highest BCUT2D eigenvalue weighted by Gasteiger charge is 2.33. The van der Waals surface area contributed by atoms with E-state index in [2.05, 4.69) is 31.0 Å². The molecule has 0 atom stereocenters. The van der Waals surface area contributed by atoms with Gasteiger partial charge < -0.3 is 0 Å². The molecule has 0 unspecified atom stereocenters. The van der Waals surface area contributed by atoms with Gasteiger partial charge in [-0.05, 0) is 102 Å². The lowest BCUT2D eigenvalue weighted by Gasteiger charge is -2.17. The molecule has 0 bridgehead atoms. The van der Waals surface area contributed by atoms with Crippen LogP contribution in [-0.2, 0) is 50.6 Å². The highest BCUT2D eigenvalue weighted by molar-refractivity contribution is 7.91. The summed E-state index contributed by atoms with van der Waals surface area (Å²) in [7, 11) is -24.9. The van der Waals surface area contributed by atoms with E-state index in [9.17, 15) is 75.2 Å². The summed E-state index contributed by atoms with van der Waals surface area (Å²) in [6.07, 6.45) is 2.84. The van der Waals surface area contributed by atoms with E-state index in [1.165, 1.54) is 24.3 Å². The third-order valence-electron chi connectivity index (χ3n) is 8.72. The zero-order valence-electron chi connectivity index (χ0n) is 32.2. The second-order valence-corrected chi connectivity index (χ2v) is 20.1. The molecule has 0 aromatic heterocycles. The minimum Gasteiger partial charge on any atom is -0.287 e. The Kier molecular flexibility index (Phi) is 13.2. The van der Waals surface area contributed by atoms with Crippen LogP contribution in [0.5, 0.6) is 0 Å². The Morgan fingerprint density at radius 3 is 1.53 bits per heavy atom. The van der Waals surface area contributed by atoms with E-state index in [1.807, 2.05) is 0 Å². The van der Waals surface area contributed by atoms with Gasteiger partial charge in [-0.15, -0.1) is 0 Å². The van der Waals surface area contributed by atoms with Gasteiger partial charge in [0, 0.05) is 17.7 Å². The summed E-state index contributed by atoms with van der Waals surface area (Å²) in [6.45, 7) is 0. The quantitative estimate of drug-likeness (QED) is 0.0228. The van der Waals surface area contributed by atoms with Gasteiger partial charge in [0.15, 0.2) is 5.71 Å². The zero-order valence-corrected chi connectivity index (χ0v) is 36.3. The molecule has 6 N–H and O–H groups in total. The van der Waals surface area contributed by atoms with E-state index in [0.717, 1.165) is 85.0 Å². The van der Waals surface area contributed by atoms with E-state index in [1.54, 1.807) is 0 Å². The molecule has 1 aliphatic rings. The molecule has 5 aromatic carbocycles. The average molecular weight is 1000 g/mol. The molecule has 25 nitrogen and oxygen atoms in total. The van der Waals surface area contributed by atoms with Gasteiger partial charge in [-0.2, -0.15) is 67.6 Å². The molecule has 0 saturated heterocycles. The lowest BCUT2D eigenvalue weighted by molar-refractivity contribution is -0.385. The number of nitrogens with one attached hydrogen (secondary N) is 1. The predicted octanol–water partition coefficient (Wildman–Crippen LogP) is 6.48. The number of azo groups is 2. The Labute approximate surface area is 372 Å². The number of benzene rings is 5. The summed E-state index contributed by atoms with van der Waals surface area (Å²) in [6, 6.07) is 16.5. The van der Waals surface area contributed by atoms with Crippen LogP contribution < -0.4 is 5.43 Å². The van der Waals surface area contributed by atoms with Crippen molar-refractivity contribution in [3.8, 4) is 0 Å². The van der Waals surface area contributed by atoms with E-state index in [0.29, 0.717) is 6.07 Å². The zero-order chi connectivity index (χ0) is 48.6. The first kappa shape index (κ1) is 48.3. The van der Waals surface area contributed by atoms with Crippen molar-refractivity contribution in [3.05, 3.63) is 134 Å². The number of nitro groups is 1. The number of carbonyl (C=O) groups is 1. The Morgan fingerprint density at radius 1 is 0.530 bits per heavy atom. The van der Waals surface area contributed by atoms with Crippen molar-refractivity contribution in [1.82, 2.24) is 0 Å². The van der Waals surface area contributed by atoms with Gasteiger partial charge in [-0.1, -0.05) is 18.2 Å². The first-order chi connectivity index (χ1) is 30.6. The Balaban J connectivity index is 1.27. The first-order valence-corrected chi connectivity index (χ1v) is 24.6. The van der Waals surface area contributed by atoms with Crippen LogP contribution in [0, 0.1) is 10.1 Å². The molecule has 0 heterocycles. The SMILES string of the molecule is O=C1/C(=N\Nc2ccc(N=Nc3ccc(S(=O)(=O)O)cc3)cc2S(=O)(=O)O)C(S(=O)(=O)O)=Cc2cc(N=Nc3ccc(/C=C/c4ccc([N+](=O)[O-])cc4S(=O)(=O)O)c(S(=O)(=O)O)c3)ccc21. The summed E-state index contributed by atoms with van der Waals surface area (Å²) < 4.78 is 169. The van der Waals surface area contributed by atoms with E-state index < -0.39 is 103 Å². The Bertz CT molecular complexity index is 3630. The number of Topliss-reactive ketones (excluding diaryl/α,β-unsaturated/α-hetero) is 1. The Hall–Kier alpha value is -7.13. The molecular formula is C36H25N7O18S5. The van der Waals surface area contributed by atoms with Crippen molar-refractivity contribution in [2.45, 2.75) is 19.6 Å². The normalized spacial score (nSPS) is 14.5. The highest BCUT2D eigenvalue weighted by Crippen LogP contribution is 2.33. The number of hydrogen-bond donors (Lipinski definition) is 6. The number of allylic oxidation sites excluding steroid dienone is 1. The van der Waals surface area contributed by atoms with Crippen molar-refractivity contribution in [2.24, 2.45) is 25.6 Å². The van der Waals surface area contributed by atoms with E-state index in [-0.39, 0.29) is 45.0 Å². The number of nitro benzene ring substituents is 1. The fourth-order valence-corrected chi connectivity index (χ4v) is 8.93. The van der Waals surface area contributed by atoms with Gasteiger partial charge in [0.1, 0.15) is 19.6 Å². The second kappa shape index (κ2) is 18.0. The largest absolute Gasteiger partial charge is 0.296 e. The topological polar surface area (TPSA) is 406 Å². The van der Waals surface area contributed by atoms with Crippen LogP contribution in [0.15, 0.2) is 147 Å². The average Bonchev–Trinajstić information content (AvgIpc) is 3.22. The van der Waals surface area contributed by atoms with Crippen LogP contribution >= 0.6 is 0 Å². The van der Waals surface area contributed by atoms with Crippen LogP contribution in [0.2, 0.25) is 0 Å². The van der Waals surface area contributed by atoms with Gasteiger partial charge >= 0.3 is 0 Å². The predicted molar refractivity (Wildman–Crippen MR) is 230 cm³/mol. The summed E-state index contributed by atoms with van der Waals surface area (Å²) in [5, 5.41) is 30.3. The molecule has 0 saturated carbocycles. The molecule has 66 heavy (non-hydrogen) atoms. The number of nitrogens with zero attached hydrogens (tertiary/aromatic N) is 6. The van der Waals surface area contributed by atoms with Crippen LogP contribution in [0.4, 0.5) is 34.1 Å². The minimum absolute atomic E-state index is 0.0678. The second-order valence-electron chi connectivity index (χ2n) is 13.2. The smallest absolute Gasteiger partial charge is 0.287 e. The summed E-state index contributed by atoms with van der Waals surface area (Å²) >= 11 is 0. The lowest BCUT2D eigenvalue weighted by Crippen LogP contribution is -2.27. The number of hydrazone groups is 1. The number of anilines is 1. The highest BCUT2D eigenvalue weighted by atomic mass is 32.2. The molecule has 342 valence electrons. The van der Waals surface area contributed by atoms with Crippen LogP contribution in [0.25, 0.3) is 18.2 Å². The fourth-order valence-electron chi connectivity index (χ4n) is 5.72. The van der Waals surface area contributed by atoms with Crippen molar-refractivity contribution in [1.29, 1.82) is 0 Å². The molecule has 0 aliphatic heterocycles. The number of non-ortho nitro benzene ring substituents is 1. The molecule has 6 rings (SSSR count). The molecule has 0 radical (unpaired) electrons. The standard InChI is InChI=1S/C36H25N7O18S5/c44-36-29-13-8-24(38-40-25-5-3-20(31(17-25)63(50,51)52)1-2-21-4-10-27(43(45)46)19-32(21)64(53,54)55)15-22(29)16-34(66(59,60)61)35(36)42-41-30-14-9-26(18-33(30)65(56,57)58)39-37-23-6-11-28(12-7-23)62(47,48)49/h1-19,41H,(H,47,48,49)(H,50,51,52)(H,53,54,55)(H,56,57,58)(H,59,60,61)/b2-1+,39-37?,40-38?,42-35-. The van der Waals surface area contributed by atoms with Crippen molar-refractivity contribution in [3.63, 3.8) is 0 Å². The van der Waals surface area contributed by atoms with E-state index in [4.69, 9.17) is 4.55 Å². The maximum Gasteiger partial charge on any atom is 0.296 e. The molecule has 0 amide bonds. The first-order valence-electron chi connectivity index (χ1n) is 17.4. The number of ketones is 1. The minimum atomic E-state index is -5.26. The van der Waals surface area contributed by atoms with E-state index >= 15 is 0 Å². The molecule has 1 aliphatic carbocycles. The lowest BCUT2D eigenvalue weighted by atomic mass is 9.94. The van der Waals surface area contributed by atoms with Gasteiger partial charge in [-0.25, -0.2) is 0 Å². The number of rotatable bonds is 14. The molecule has 30 heteroatoms. The van der Waals surface area contributed by atoms with Crippen molar-refractivity contribution >= 4 is 114 Å². The molecule has 5 aromatic rings. The fraction of sp³-hybridized carbons (Fsp3) is 0. The number of fused-ring (bicyclic) bond motifs is 1. The van der Waals surface area contributed by atoms with Crippen LogP contribution in [-0.4, -0.2) is 81.3 Å².